The monoisotopic (exact) mass is 734 g/mol. The van der Waals surface area contributed by atoms with Crippen molar-refractivity contribution in [3.8, 4) is 0 Å². The first-order chi connectivity index (χ1) is 21.2. The topological polar surface area (TPSA) is 9.23 Å². The van der Waals surface area contributed by atoms with Crippen LogP contribution in [0.5, 0.6) is 0 Å². The van der Waals surface area contributed by atoms with Gasteiger partial charge in [-0.2, -0.15) is 0 Å². The van der Waals surface area contributed by atoms with Crippen molar-refractivity contribution in [3.05, 3.63) is 174 Å². The first-order valence-electron chi connectivity index (χ1n) is 15.5. The second-order valence-electron chi connectivity index (χ2n) is 12.2. The number of halogens is 2. The Balaban J connectivity index is 0.00000160. The molecule has 5 heteroatoms. The molecule has 0 spiro atoms. The third-order valence-corrected chi connectivity index (χ3v) is 13.8. The first kappa shape index (κ1) is 36.1. The van der Waals surface area contributed by atoms with Crippen LogP contribution in [0.4, 0.5) is 0 Å². The van der Waals surface area contributed by atoms with Crippen molar-refractivity contribution in [1.29, 1.82) is 0 Å². The van der Waals surface area contributed by atoms with Gasteiger partial charge in [-0.25, -0.2) is 0 Å². The summed E-state index contributed by atoms with van der Waals surface area (Å²) in [5, 5.41) is 3.86. The summed E-state index contributed by atoms with van der Waals surface area (Å²) in [6.45, 7) is 3.22. The fraction of sp³-hybridized carbons (Fsp3) is 0.171. The minimum Gasteiger partial charge on any atom is -1.00 e. The Morgan fingerprint density at radius 1 is 0.543 bits per heavy atom. The Bertz CT molecular complexity index is 1600. The Labute approximate surface area is 306 Å². The molecular weight excluding hydrogens is 699 g/mol. The van der Waals surface area contributed by atoms with Crippen LogP contribution in [0, 0.1) is 5.41 Å². The van der Waals surface area contributed by atoms with E-state index in [1.807, 2.05) is 0 Å². The molecule has 0 radical (unpaired) electrons. The van der Waals surface area contributed by atoms with E-state index in [1.165, 1.54) is 37.8 Å². The van der Waals surface area contributed by atoms with Crippen LogP contribution in [-0.2, 0) is 30.6 Å². The van der Waals surface area contributed by atoms with Crippen LogP contribution in [0.2, 0.25) is 0 Å². The molecule has 2 unspecified atom stereocenters. The summed E-state index contributed by atoms with van der Waals surface area (Å²) >= 11 is 0. The first-order valence-corrected chi connectivity index (χ1v) is 17.5. The van der Waals surface area contributed by atoms with Gasteiger partial charge in [-0.05, 0) is 56.1 Å². The van der Waals surface area contributed by atoms with Gasteiger partial charge >= 0.3 is 26.2 Å². The predicted octanol–water partition coefficient (Wildman–Crippen LogP) is 2.08. The van der Waals surface area contributed by atoms with E-state index in [9.17, 15) is 0 Å². The second kappa shape index (κ2) is 15.9. The standard InChI is InChI=1S/C41H38OSi.2ClH.Zr/c1-41(39-28-26-32-16-11-13-24-37(32)39,40-29-27-33-17-12-14-25-38(33)40)30-15-31-42-43(34-18-5-2-6-19-34,35-20-7-3-8-21-35)36-22-9-4-10-23-36;;;/h2-14,16-29,39-40H,15,30-31H2,1H3;2*1H;/q;;;+2/p-2. The van der Waals surface area contributed by atoms with Gasteiger partial charge < -0.3 is 29.2 Å². The van der Waals surface area contributed by atoms with Crippen LogP contribution in [-0.4, -0.2) is 14.9 Å². The molecule has 0 saturated carbocycles. The molecule has 2 aliphatic rings. The molecule has 0 amide bonds. The fourth-order valence-electron chi connectivity index (χ4n) is 7.60. The number of hydrogen-bond donors (Lipinski definition) is 0. The molecule has 0 aliphatic heterocycles. The summed E-state index contributed by atoms with van der Waals surface area (Å²) in [5.41, 5.74) is 5.62. The quantitative estimate of drug-likeness (QED) is 0.121. The average Bonchev–Trinajstić information content (AvgIpc) is 3.72. The molecule has 0 N–H and O–H groups in total. The SMILES string of the molecule is CC(CCCO[Si](c1ccccc1)(c1ccccc1)c1ccccc1)(C1C=Cc2ccccc21)C1C=Cc2ccccc21.[Cl-].[Cl-].[Zr+2]. The van der Waals surface area contributed by atoms with Gasteiger partial charge in [0.15, 0.2) is 0 Å². The van der Waals surface area contributed by atoms with Gasteiger partial charge in [0.2, 0.25) is 0 Å². The van der Waals surface area contributed by atoms with E-state index in [-0.39, 0.29) is 56.4 Å². The molecule has 0 aromatic heterocycles. The Kier molecular flexibility index (Phi) is 12.4. The molecule has 5 aromatic carbocycles. The predicted molar refractivity (Wildman–Crippen MR) is 184 cm³/mol. The summed E-state index contributed by atoms with van der Waals surface area (Å²) in [5.74, 6) is 0.702. The Hall–Kier alpha value is -2.78. The summed E-state index contributed by atoms with van der Waals surface area (Å²) in [6.07, 6.45) is 11.6. The largest absolute Gasteiger partial charge is 2.00 e. The van der Waals surface area contributed by atoms with E-state index in [4.69, 9.17) is 4.43 Å². The van der Waals surface area contributed by atoms with Crippen LogP contribution >= 0.6 is 0 Å². The summed E-state index contributed by atoms with van der Waals surface area (Å²) in [4.78, 5) is 0. The van der Waals surface area contributed by atoms with Gasteiger partial charge in [-0.3, -0.25) is 0 Å². The zero-order chi connectivity index (χ0) is 29.1. The summed E-state index contributed by atoms with van der Waals surface area (Å²) < 4.78 is 7.35. The van der Waals surface area contributed by atoms with E-state index in [1.54, 1.807) is 0 Å². The summed E-state index contributed by atoms with van der Waals surface area (Å²) in [7, 11) is -2.73. The zero-order valence-corrected chi connectivity index (χ0v) is 31.0. The third kappa shape index (κ3) is 6.64. The average molecular weight is 737 g/mol. The minimum absolute atomic E-state index is 0. The Morgan fingerprint density at radius 3 is 1.33 bits per heavy atom. The minimum atomic E-state index is -2.73. The number of fused-ring (bicyclic) bond motifs is 2. The van der Waals surface area contributed by atoms with Crippen molar-refractivity contribution in [2.24, 2.45) is 5.41 Å². The van der Waals surface area contributed by atoms with Gasteiger partial charge in [-0.15, -0.1) is 0 Å². The molecule has 1 nitrogen and oxygen atoms in total. The van der Waals surface area contributed by atoms with Gasteiger partial charge in [0.25, 0.3) is 8.32 Å². The smallest absolute Gasteiger partial charge is 1.00 e. The van der Waals surface area contributed by atoms with E-state index in [0.717, 1.165) is 12.8 Å². The number of rotatable bonds is 10. The molecule has 230 valence electrons. The molecule has 46 heavy (non-hydrogen) atoms. The maximum Gasteiger partial charge on any atom is 2.00 e. The van der Waals surface area contributed by atoms with E-state index >= 15 is 0 Å². The molecule has 0 heterocycles. The number of hydrogen-bond acceptors (Lipinski definition) is 1. The van der Waals surface area contributed by atoms with Gasteiger partial charge in [0.1, 0.15) is 0 Å². The molecule has 2 aliphatic carbocycles. The molecule has 7 rings (SSSR count). The molecule has 5 aromatic rings. The third-order valence-electron chi connectivity index (χ3n) is 9.74. The normalized spacial score (nSPS) is 17.1. The number of allylic oxidation sites excluding steroid dienone is 2. The van der Waals surface area contributed by atoms with Crippen LogP contribution in [0.3, 0.4) is 0 Å². The molecule has 2 atom stereocenters. The van der Waals surface area contributed by atoms with Gasteiger partial charge in [0.05, 0.1) is 0 Å². The number of benzene rings is 5. The van der Waals surface area contributed by atoms with E-state index in [2.05, 4.69) is 171 Å². The summed E-state index contributed by atoms with van der Waals surface area (Å²) in [6, 6.07) is 50.6. The van der Waals surface area contributed by atoms with Gasteiger partial charge in [0, 0.05) is 18.4 Å². The van der Waals surface area contributed by atoms with Crippen molar-refractivity contribution < 1.29 is 55.4 Å². The van der Waals surface area contributed by atoms with Gasteiger partial charge in [-0.1, -0.05) is 171 Å². The van der Waals surface area contributed by atoms with Crippen molar-refractivity contribution in [1.82, 2.24) is 0 Å². The maximum atomic E-state index is 7.35. The van der Waals surface area contributed by atoms with E-state index in [0.29, 0.717) is 18.4 Å². The van der Waals surface area contributed by atoms with Crippen LogP contribution in [0.25, 0.3) is 12.2 Å². The van der Waals surface area contributed by atoms with E-state index < -0.39 is 8.32 Å². The molecular formula is C41H38Cl2OSiZr. The molecule has 0 saturated heterocycles. The molecule has 0 fully saturated rings. The Morgan fingerprint density at radius 2 is 0.913 bits per heavy atom. The van der Waals surface area contributed by atoms with Crippen molar-refractivity contribution in [2.45, 2.75) is 31.6 Å². The maximum absolute atomic E-state index is 7.35. The van der Waals surface area contributed by atoms with Crippen LogP contribution < -0.4 is 40.4 Å². The van der Waals surface area contributed by atoms with Crippen molar-refractivity contribution in [2.75, 3.05) is 6.61 Å². The van der Waals surface area contributed by atoms with Crippen LogP contribution in [0.1, 0.15) is 53.9 Å². The zero-order valence-electron chi connectivity index (χ0n) is 26.0. The van der Waals surface area contributed by atoms with Crippen molar-refractivity contribution in [3.63, 3.8) is 0 Å². The fourth-order valence-corrected chi connectivity index (χ4v) is 11.5. The van der Waals surface area contributed by atoms with Crippen LogP contribution in [0.15, 0.2) is 152 Å². The second-order valence-corrected chi connectivity index (χ2v) is 15.6. The van der Waals surface area contributed by atoms with Crippen molar-refractivity contribution >= 4 is 36.0 Å². The molecule has 0 bridgehead atoms.